The van der Waals surface area contributed by atoms with Gasteiger partial charge in [0.2, 0.25) is 5.91 Å². The molecule has 2 rings (SSSR count). The molecule has 7 heteroatoms. The zero-order valence-electron chi connectivity index (χ0n) is 11.4. The highest BCUT2D eigenvalue weighted by Gasteiger charge is 2.24. The van der Waals surface area contributed by atoms with Crippen LogP contribution in [-0.2, 0) is 9.53 Å². The summed E-state index contributed by atoms with van der Waals surface area (Å²) in [6.07, 6.45) is 2.30. The summed E-state index contributed by atoms with van der Waals surface area (Å²) in [7, 11) is 8.99. The Balaban J connectivity index is 1.67. The zero-order valence-corrected chi connectivity index (χ0v) is 13.0. The van der Waals surface area contributed by atoms with Crippen LogP contribution in [0.1, 0.15) is 13.3 Å². The number of pyridine rings is 1. The topological polar surface area (TPSA) is 42.4 Å². The maximum absolute atomic E-state index is 12.1. The number of aromatic nitrogens is 1. The molecule has 2 atom stereocenters. The molecular formula is C13H17BN2O2S2. The molecular weight excluding hydrogens is 291 g/mol. The first-order chi connectivity index (χ1) is 9.65. The van der Waals surface area contributed by atoms with E-state index in [-0.39, 0.29) is 18.0 Å². The largest absolute Gasteiger partial charge is 0.381 e. The quantitative estimate of drug-likeness (QED) is 0.472. The first-order valence-electron chi connectivity index (χ1n) is 6.54. The van der Waals surface area contributed by atoms with Crippen LogP contribution in [0.3, 0.4) is 0 Å². The van der Waals surface area contributed by atoms with Crippen LogP contribution in [0.25, 0.3) is 0 Å². The summed E-state index contributed by atoms with van der Waals surface area (Å²) in [5, 5.41) is 0.965. The first-order valence-corrected chi connectivity index (χ1v) is 8.86. The van der Waals surface area contributed by atoms with E-state index in [0.717, 1.165) is 10.8 Å². The Morgan fingerprint density at radius 2 is 2.40 bits per heavy atom. The SMILES string of the molecule is [B]C1CN(C(=O)CCSSc2ccccn2)CC(C)O1. The minimum Gasteiger partial charge on any atom is -0.381 e. The van der Waals surface area contributed by atoms with Crippen LogP contribution in [0.5, 0.6) is 0 Å². The lowest BCUT2D eigenvalue weighted by Gasteiger charge is -2.35. The molecule has 1 aliphatic heterocycles. The van der Waals surface area contributed by atoms with E-state index in [1.54, 1.807) is 32.7 Å². The molecule has 0 spiro atoms. The van der Waals surface area contributed by atoms with Gasteiger partial charge in [0.05, 0.1) is 6.10 Å². The molecule has 0 bridgehead atoms. The predicted octanol–water partition coefficient (Wildman–Crippen LogP) is 1.95. The molecule has 20 heavy (non-hydrogen) atoms. The number of hydrogen-bond donors (Lipinski definition) is 0. The van der Waals surface area contributed by atoms with Crippen LogP contribution in [-0.4, -0.2) is 54.6 Å². The average Bonchev–Trinajstić information content (AvgIpc) is 2.43. The molecule has 2 heterocycles. The minimum absolute atomic E-state index is 0.0123. The van der Waals surface area contributed by atoms with Crippen LogP contribution >= 0.6 is 21.6 Å². The van der Waals surface area contributed by atoms with E-state index in [4.69, 9.17) is 12.6 Å². The third-order valence-corrected chi connectivity index (χ3v) is 5.09. The van der Waals surface area contributed by atoms with Gasteiger partial charge < -0.3 is 9.64 Å². The van der Waals surface area contributed by atoms with E-state index in [9.17, 15) is 4.79 Å². The average molecular weight is 308 g/mol. The van der Waals surface area contributed by atoms with Gasteiger partial charge in [-0.15, -0.1) is 0 Å². The van der Waals surface area contributed by atoms with E-state index in [1.807, 2.05) is 25.1 Å². The fourth-order valence-corrected chi connectivity index (χ4v) is 3.83. The second-order valence-corrected chi connectivity index (χ2v) is 7.04. The first kappa shape index (κ1) is 15.7. The molecule has 1 saturated heterocycles. The second-order valence-electron chi connectivity index (χ2n) is 4.61. The number of rotatable bonds is 5. The molecule has 1 fully saturated rings. The van der Waals surface area contributed by atoms with Crippen LogP contribution in [0.4, 0.5) is 0 Å². The van der Waals surface area contributed by atoms with Gasteiger partial charge in [0.25, 0.3) is 0 Å². The summed E-state index contributed by atoms with van der Waals surface area (Å²) in [5.41, 5.74) is 0. The van der Waals surface area contributed by atoms with Crippen molar-refractivity contribution >= 4 is 35.3 Å². The number of amides is 1. The maximum Gasteiger partial charge on any atom is 0.223 e. The molecule has 0 aromatic carbocycles. The smallest absolute Gasteiger partial charge is 0.223 e. The number of ether oxygens (including phenoxy) is 1. The Morgan fingerprint density at radius 1 is 1.55 bits per heavy atom. The highest BCUT2D eigenvalue weighted by molar-refractivity contribution is 8.76. The Morgan fingerprint density at radius 3 is 3.10 bits per heavy atom. The Hall–Kier alpha value is -0.655. The van der Waals surface area contributed by atoms with Crippen molar-refractivity contribution in [3.8, 4) is 0 Å². The summed E-state index contributed by atoms with van der Waals surface area (Å²) in [4.78, 5) is 18.1. The summed E-state index contributed by atoms with van der Waals surface area (Å²) < 4.78 is 5.42. The van der Waals surface area contributed by atoms with Gasteiger partial charge >= 0.3 is 0 Å². The van der Waals surface area contributed by atoms with Crippen LogP contribution in [0.15, 0.2) is 29.4 Å². The molecule has 0 saturated carbocycles. The molecule has 1 aromatic rings. The fraction of sp³-hybridized carbons (Fsp3) is 0.538. The highest BCUT2D eigenvalue weighted by atomic mass is 33.1. The molecule has 2 radical (unpaired) electrons. The van der Waals surface area contributed by atoms with Crippen LogP contribution < -0.4 is 0 Å². The number of morpholine rings is 1. The van der Waals surface area contributed by atoms with E-state index >= 15 is 0 Å². The monoisotopic (exact) mass is 308 g/mol. The Bertz CT molecular complexity index is 426. The van der Waals surface area contributed by atoms with Gasteiger partial charge in [0.1, 0.15) is 12.9 Å². The van der Waals surface area contributed by atoms with Crippen molar-refractivity contribution in [2.75, 3.05) is 18.8 Å². The van der Waals surface area contributed by atoms with Crippen molar-refractivity contribution < 1.29 is 9.53 Å². The van der Waals surface area contributed by atoms with E-state index in [0.29, 0.717) is 19.5 Å². The maximum atomic E-state index is 12.1. The van der Waals surface area contributed by atoms with Crippen molar-refractivity contribution in [3.63, 3.8) is 0 Å². The Kier molecular flexibility index (Phi) is 6.25. The Labute approximate surface area is 128 Å². The third kappa shape index (κ3) is 5.03. The number of carbonyl (C=O) groups excluding carboxylic acids is 1. The van der Waals surface area contributed by atoms with Gasteiger partial charge in [-0.2, -0.15) is 0 Å². The number of nitrogens with zero attached hydrogens (tertiary/aromatic N) is 2. The lowest BCUT2D eigenvalue weighted by atomic mass is 9.97. The molecule has 0 aliphatic carbocycles. The number of carbonyl (C=O) groups is 1. The lowest BCUT2D eigenvalue weighted by Crippen LogP contribution is -2.49. The number of hydrogen-bond acceptors (Lipinski definition) is 5. The summed E-state index contributed by atoms with van der Waals surface area (Å²) in [6.45, 7) is 3.05. The molecule has 1 aliphatic rings. The van der Waals surface area contributed by atoms with Crippen molar-refractivity contribution in [1.82, 2.24) is 9.88 Å². The zero-order chi connectivity index (χ0) is 14.4. The van der Waals surface area contributed by atoms with Gasteiger partial charge in [-0.3, -0.25) is 4.79 Å². The van der Waals surface area contributed by atoms with E-state index in [2.05, 4.69) is 4.98 Å². The minimum atomic E-state index is -0.363. The van der Waals surface area contributed by atoms with Crippen LogP contribution in [0, 0.1) is 0 Å². The van der Waals surface area contributed by atoms with E-state index < -0.39 is 0 Å². The molecule has 0 N–H and O–H groups in total. The summed E-state index contributed by atoms with van der Waals surface area (Å²) in [5.74, 6) is 0.908. The molecule has 1 aromatic heterocycles. The van der Waals surface area contributed by atoms with Crippen LogP contribution in [0.2, 0.25) is 0 Å². The normalized spacial score (nSPS) is 22.8. The summed E-state index contributed by atoms with van der Waals surface area (Å²) >= 11 is 0. The fourth-order valence-electron chi connectivity index (χ4n) is 1.98. The van der Waals surface area contributed by atoms with Crippen molar-refractivity contribution in [3.05, 3.63) is 24.4 Å². The van der Waals surface area contributed by atoms with Gasteiger partial charge in [-0.05, 0) is 29.9 Å². The van der Waals surface area contributed by atoms with Gasteiger partial charge in [0.15, 0.2) is 0 Å². The molecule has 2 unspecified atom stereocenters. The lowest BCUT2D eigenvalue weighted by molar-refractivity contribution is -0.139. The van der Waals surface area contributed by atoms with Crippen molar-refractivity contribution in [2.24, 2.45) is 0 Å². The molecule has 1 amide bonds. The predicted molar refractivity (Wildman–Crippen MR) is 83.8 cm³/mol. The van der Waals surface area contributed by atoms with Gasteiger partial charge in [-0.25, -0.2) is 4.98 Å². The van der Waals surface area contributed by atoms with Gasteiger partial charge in [0, 0.05) is 37.5 Å². The third-order valence-electron chi connectivity index (χ3n) is 2.82. The second kappa shape index (κ2) is 7.95. The van der Waals surface area contributed by atoms with Crippen molar-refractivity contribution in [2.45, 2.75) is 30.5 Å². The van der Waals surface area contributed by atoms with Crippen molar-refractivity contribution in [1.29, 1.82) is 0 Å². The van der Waals surface area contributed by atoms with E-state index in [1.165, 1.54) is 0 Å². The summed E-state index contributed by atoms with van der Waals surface area (Å²) in [6, 6.07) is 5.44. The molecule has 4 nitrogen and oxygen atoms in total. The highest BCUT2D eigenvalue weighted by Crippen LogP contribution is 2.29. The van der Waals surface area contributed by atoms with Gasteiger partial charge in [-0.1, -0.05) is 16.9 Å². The standard InChI is InChI=1S/C13H17BN2O2S2/c1-10-8-16(9-11(14)18-10)13(17)5-7-19-20-12-4-2-3-6-15-12/h2-4,6,10-11H,5,7-9H2,1H3. The molecule has 106 valence electrons.